The Kier molecular flexibility index (Phi) is 4.35. The summed E-state index contributed by atoms with van der Waals surface area (Å²) in [5.41, 5.74) is 5.01. The van der Waals surface area contributed by atoms with Crippen molar-refractivity contribution in [2.45, 2.75) is 6.92 Å². The summed E-state index contributed by atoms with van der Waals surface area (Å²) in [4.78, 5) is 16.5. The average molecular weight is 324 g/mol. The molecule has 1 heterocycles. The summed E-state index contributed by atoms with van der Waals surface area (Å²) < 4.78 is 0. The summed E-state index contributed by atoms with van der Waals surface area (Å²) in [5.74, 6) is -0.359. The third-order valence-electron chi connectivity index (χ3n) is 3.42. The molecule has 0 aliphatic carbocycles. The van der Waals surface area contributed by atoms with Gasteiger partial charge in [0.05, 0.1) is 11.2 Å². The van der Waals surface area contributed by atoms with Gasteiger partial charge in [-0.15, -0.1) is 0 Å². The molecule has 5 heteroatoms. The van der Waals surface area contributed by atoms with Crippen LogP contribution in [0.2, 0.25) is 5.02 Å². The van der Waals surface area contributed by atoms with Crippen LogP contribution in [-0.4, -0.2) is 16.6 Å². The number of fused-ring (bicyclic) bond motifs is 1. The fourth-order valence-electron chi connectivity index (χ4n) is 2.20. The van der Waals surface area contributed by atoms with Crippen molar-refractivity contribution >= 4 is 34.1 Å². The molecule has 4 nitrogen and oxygen atoms in total. The van der Waals surface area contributed by atoms with Crippen molar-refractivity contribution in [3.63, 3.8) is 0 Å². The molecule has 23 heavy (non-hydrogen) atoms. The summed E-state index contributed by atoms with van der Waals surface area (Å²) in [6, 6.07) is 18.5. The molecule has 0 radical (unpaired) electrons. The zero-order chi connectivity index (χ0) is 16.2. The number of amides is 1. The predicted octanol–water partition coefficient (Wildman–Crippen LogP) is 4.04. The minimum atomic E-state index is -0.359. The molecule has 1 aromatic heterocycles. The molecule has 2 aromatic carbocycles. The van der Waals surface area contributed by atoms with Gasteiger partial charge in [0.15, 0.2) is 0 Å². The molecule has 0 aliphatic heterocycles. The highest BCUT2D eigenvalue weighted by atomic mass is 35.5. The van der Waals surface area contributed by atoms with E-state index >= 15 is 0 Å². The van der Waals surface area contributed by atoms with E-state index in [4.69, 9.17) is 11.6 Å². The van der Waals surface area contributed by atoms with Gasteiger partial charge in [0.25, 0.3) is 5.91 Å². The lowest BCUT2D eigenvalue weighted by Crippen LogP contribution is -2.20. The van der Waals surface area contributed by atoms with E-state index in [1.54, 1.807) is 19.1 Å². The zero-order valence-electron chi connectivity index (χ0n) is 12.5. The van der Waals surface area contributed by atoms with Gasteiger partial charge in [-0.25, -0.2) is 10.4 Å². The lowest BCUT2D eigenvalue weighted by atomic mass is 10.1. The van der Waals surface area contributed by atoms with Crippen molar-refractivity contribution in [3.8, 4) is 0 Å². The van der Waals surface area contributed by atoms with E-state index in [-0.39, 0.29) is 5.91 Å². The first-order valence-corrected chi connectivity index (χ1v) is 7.48. The Morgan fingerprint density at radius 2 is 1.78 bits per heavy atom. The van der Waals surface area contributed by atoms with E-state index in [1.165, 1.54) is 0 Å². The average Bonchev–Trinajstić information content (AvgIpc) is 2.59. The lowest BCUT2D eigenvalue weighted by molar-refractivity contribution is 0.0950. The van der Waals surface area contributed by atoms with Gasteiger partial charge in [-0.2, -0.15) is 5.10 Å². The van der Waals surface area contributed by atoms with Crippen molar-refractivity contribution in [1.29, 1.82) is 0 Å². The van der Waals surface area contributed by atoms with E-state index in [1.807, 2.05) is 48.5 Å². The number of hydrazone groups is 1. The summed E-state index contributed by atoms with van der Waals surface area (Å²) in [7, 11) is 0. The van der Waals surface area contributed by atoms with Gasteiger partial charge >= 0.3 is 0 Å². The van der Waals surface area contributed by atoms with Gasteiger partial charge in [0.1, 0.15) is 5.69 Å². The molecular formula is C18H14ClN3O. The minimum Gasteiger partial charge on any atom is -0.266 e. The van der Waals surface area contributed by atoms with Crippen molar-refractivity contribution < 1.29 is 4.79 Å². The normalized spacial score (nSPS) is 11.5. The molecule has 0 unspecified atom stereocenters. The molecular weight excluding hydrogens is 310 g/mol. The maximum atomic E-state index is 12.2. The van der Waals surface area contributed by atoms with Crippen LogP contribution >= 0.6 is 11.6 Å². The van der Waals surface area contributed by atoms with Crippen molar-refractivity contribution in [2.24, 2.45) is 5.10 Å². The summed E-state index contributed by atoms with van der Waals surface area (Å²) in [6.45, 7) is 1.79. The summed E-state index contributed by atoms with van der Waals surface area (Å²) in [6.07, 6.45) is 0. The molecule has 0 saturated heterocycles. The third kappa shape index (κ3) is 3.38. The topological polar surface area (TPSA) is 54.4 Å². The predicted molar refractivity (Wildman–Crippen MR) is 92.9 cm³/mol. The SMILES string of the molecule is CC(=NNC(=O)c1ccc2ccccc2n1)c1ccccc1Cl. The standard InChI is InChI=1S/C18H14ClN3O/c1-12(14-7-3-4-8-15(14)19)21-22-18(23)17-11-10-13-6-2-5-9-16(13)20-17/h2-11H,1H3,(H,22,23). The van der Waals surface area contributed by atoms with Gasteiger partial charge in [-0.3, -0.25) is 4.79 Å². The second kappa shape index (κ2) is 6.58. The molecule has 1 amide bonds. The van der Waals surface area contributed by atoms with Gasteiger partial charge < -0.3 is 0 Å². The molecule has 0 fully saturated rings. The number of para-hydroxylation sites is 1. The number of benzene rings is 2. The highest BCUT2D eigenvalue weighted by Gasteiger charge is 2.08. The number of aromatic nitrogens is 1. The molecule has 0 saturated carbocycles. The zero-order valence-corrected chi connectivity index (χ0v) is 13.2. The first-order valence-electron chi connectivity index (χ1n) is 7.10. The van der Waals surface area contributed by atoms with E-state index in [9.17, 15) is 4.79 Å². The van der Waals surface area contributed by atoms with E-state index in [0.29, 0.717) is 16.4 Å². The Bertz CT molecular complexity index is 905. The number of hydrogen-bond donors (Lipinski definition) is 1. The van der Waals surface area contributed by atoms with Crippen LogP contribution in [0.5, 0.6) is 0 Å². The van der Waals surface area contributed by atoms with Crippen LogP contribution in [-0.2, 0) is 0 Å². The minimum absolute atomic E-state index is 0.319. The molecule has 0 atom stereocenters. The smallest absolute Gasteiger partial charge is 0.266 e. The second-order valence-corrected chi connectivity index (χ2v) is 5.41. The van der Waals surface area contributed by atoms with Crippen LogP contribution in [0.4, 0.5) is 0 Å². The first kappa shape index (κ1) is 15.2. The van der Waals surface area contributed by atoms with Crippen LogP contribution < -0.4 is 5.43 Å². The molecule has 0 bridgehead atoms. The molecule has 1 N–H and O–H groups in total. The number of carbonyl (C=O) groups excluding carboxylic acids is 1. The number of hydrogen-bond acceptors (Lipinski definition) is 3. The largest absolute Gasteiger partial charge is 0.289 e. The van der Waals surface area contributed by atoms with Crippen molar-refractivity contribution in [2.75, 3.05) is 0 Å². The number of nitrogens with zero attached hydrogens (tertiary/aromatic N) is 2. The van der Waals surface area contributed by atoms with Gasteiger partial charge in [-0.05, 0) is 25.1 Å². The fourth-order valence-corrected chi connectivity index (χ4v) is 2.47. The highest BCUT2D eigenvalue weighted by Crippen LogP contribution is 2.15. The monoisotopic (exact) mass is 323 g/mol. The molecule has 0 spiro atoms. The number of nitrogens with one attached hydrogen (secondary N) is 1. The fraction of sp³-hybridized carbons (Fsp3) is 0.0556. The maximum absolute atomic E-state index is 12.2. The molecule has 0 aliphatic rings. The first-order chi connectivity index (χ1) is 11.1. The van der Waals surface area contributed by atoms with Crippen LogP contribution in [0.1, 0.15) is 23.0 Å². The lowest BCUT2D eigenvalue weighted by Gasteiger charge is -2.05. The van der Waals surface area contributed by atoms with Crippen LogP contribution in [0.3, 0.4) is 0 Å². The Labute approximate surface area is 138 Å². The quantitative estimate of drug-likeness (QED) is 0.584. The highest BCUT2D eigenvalue weighted by molar-refractivity contribution is 6.34. The van der Waals surface area contributed by atoms with Gasteiger partial charge in [-0.1, -0.05) is 54.1 Å². The number of halogens is 1. The van der Waals surface area contributed by atoms with Crippen molar-refractivity contribution in [3.05, 3.63) is 76.9 Å². The Morgan fingerprint density at radius 3 is 2.61 bits per heavy atom. The summed E-state index contributed by atoms with van der Waals surface area (Å²) >= 11 is 6.11. The maximum Gasteiger partial charge on any atom is 0.289 e. The van der Waals surface area contributed by atoms with Gasteiger partial charge in [0, 0.05) is 16.0 Å². The van der Waals surface area contributed by atoms with Gasteiger partial charge in [0.2, 0.25) is 0 Å². The van der Waals surface area contributed by atoms with E-state index in [0.717, 1.165) is 16.5 Å². The Morgan fingerprint density at radius 1 is 1.04 bits per heavy atom. The Hall–Kier alpha value is -2.72. The molecule has 3 rings (SSSR count). The van der Waals surface area contributed by atoms with E-state index < -0.39 is 0 Å². The van der Waals surface area contributed by atoms with Crippen molar-refractivity contribution in [1.82, 2.24) is 10.4 Å². The molecule has 3 aromatic rings. The second-order valence-electron chi connectivity index (χ2n) is 5.01. The van der Waals surface area contributed by atoms with Crippen LogP contribution in [0.25, 0.3) is 10.9 Å². The van der Waals surface area contributed by atoms with E-state index in [2.05, 4.69) is 15.5 Å². The molecule has 114 valence electrons. The number of rotatable bonds is 3. The van der Waals surface area contributed by atoms with Crippen LogP contribution in [0, 0.1) is 0 Å². The number of carbonyl (C=O) groups is 1. The summed E-state index contributed by atoms with van der Waals surface area (Å²) in [5, 5.41) is 5.68. The van der Waals surface area contributed by atoms with Crippen LogP contribution in [0.15, 0.2) is 65.8 Å². The Balaban J connectivity index is 1.80. The third-order valence-corrected chi connectivity index (χ3v) is 3.75. The number of pyridine rings is 1.